The van der Waals surface area contributed by atoms with Crippen LogP contribution in [0, 0.1) is 6.92 Å². The fourth-order valence-electron chi connectivity index (χ4n) is 1.62. The van der Waals surface area contributed by atoms with Gasteiger partial charge in [0, 0.05) is 23.8 Å². The van der Waals surface area contributed by atoms with Gasteiger partial charge in [-0.25, -0.2) is 4.98 Å². The number of hydrogen-bond donors (Lipinski definition) is 1. The number of carbonyl (C=O) groups is 1. The number of benzene rings is 1. The minimum Gasteiger partial charge on any atom is -0.484 e. The monoisotopic (exact) mass is 291 g/mol. The molecular formula is C14H17N3O2S. The van der Waals surface area contributed by atoms with Gasteiger partial charge in [-0.3, -0.25) is 4.79 Å². The van der Waals surface area contributed by atoms with Gasteiger partial charge in [-0.2, -0.15) is 0 Å². The van der Waals surface area contributed by atoms with E-state index in [2.05, 4.69) is 4.98 Å². The summed E-state index contributed by atoms with van der Waals surface area (Å²) in [6.45, 7) is 2.51. The van der Waals surface area contributed by atoms with Crippen molar-refractivity contribution in [3.05, 3.63) is 40.3 Å². The quantitative estimate of drug-likeness (QED) is 0.856. The summed E-state index contributed by atoms with van der Waals surface area (Å²) >= 11 is 1.59. The maximum atomic E-state index is 12.0. The standard InChI is InChI=1S/C14H17N3O2S/c1-10-16-7-13(20-10)8-17(2)14(18)9-19-12-5-3-11(15)4-6-12/h3-7H,8-9,15H2,1-2H3. The van der Waals surface area contributed by atoms with Gasteiger partial charge < -0.3 is 15.4 Å². The average molecular weight is 291 g/mol. The zero-order valence-electron chi connectivity index (χ0n) is 11.5. The summed E-state index contributed by atoms with van der Waals surface area (Å²) < 4.78 is 5.43. The van der Waals surface area contributed by atoms with Crippen LogP contribution in [0.4, 0.5) is 5.69 Å². The van der Waals surface area contributed by atoms with E-state index >= 15 is 0 Å². The first-order chi connectivity index (χ1) is 9.54. The largest absolute Gasteiger partial charge is 0.484 e. The Hall–Kier alpha value is -2.08. The van der Waals surface area contributed by atoms with Crippen LogP contribution in [-0.4, -0.2) is 29.4 Å². The van der Waals surface area contributed by atoms with Gasteiger partial charge in [0.2, 0.25) is 0 Å². The summed E-state index contributed by atoms with van der Waals surface area (Å²) in [5.41, 5.74) is 6.25. The molecule has 0 aliphatic heterocycles. The van der Waals surface area contributed by atoms with Crippen molar-refractivity contribution in [3.63, 3.8) is 0 Å². The van der Waals surface area contributed by atoms with Gasteiger partial charge in [-0.05, 0) is 31.2 Å². The van der Waals surface area contributed by atoms with Crippen LogP contribution in [0.1, 0.15) is 9.88 Å². The van der Waals surface area contributed by atoms with Crippen LogP contribution in [0.25, 0.3) is 0 Å². The third-order valence-electron chi connectivity index (χ3n) is 2.73. The number of amides is 1. The van der Waals surface area contributed by atoms with Crippen LogP contribution >= 0.6 is 11.3 Å². The minimum atomic E-state index is -0.0760. The van der Waals surface area contributed by atoms with Crippen molar-refractivity contribution in [1.82, 2.24) is 9.88 Å². The third kappa shape index (κ3) is 3.96. The molecule has 106 valence electrons. The van der Waals surface area contributed by atoms with Crippen molar-refractivity contribution in [3.8, 4) is 5.75 Å². The molecule has 0 aliphatic rings. The van der Waals surface area contributed by atoms with Gasteiger partial charge in [0.05, 0.1) is 11.6 Å². The van der Waals surface area contributed by atoms with Crippen LogP contribution in [0.15, 0.2) is 30.5 Å². The number of rotatable bonds is 5. The molecule has 2 aromatic rings. The number of aryl methyl sites for hydroxylation is 1. The molecule has 20 heavy (non-hydrogen) atoms. The van der Waals surface area contributed by atoms with E-state index in [1.54, 1.807) is 53.7 Å². The molecule has 2 rings (SSSR count). The number of thiazole rings is 1. The lowest BCUT2D eigenvalue weighted by molar-refractivity contribution is -0.132. The number of likely N-dealkylation sites (N-methyl/N-ethyl adjacent to an activating group) is 1. The van der Waals surface area contributed by atoms with Gasteiger partial charge in [-0.1, -0.05) is 0 Å². The molecule has 0 fully saturated rings. The Balaban J connectivity index is 1.83. The molecule has 1 aromatic carbocycles. The highest BCUT2D eigenvalue weighted by molar-refractivity contribution is 7.11. The highest BCUT2D eigenvalue weighted by Gasteiger charge is 2.11. The molecule has 2 N–H and O–H groups in total. The molecule has 0 saturated carbocycles. The Bertz CT molecular complexity index is 580. The lowest BCUT2D eigenvalue weighted by Gasteiger charge is -2.16. The number of anilines is 1. The fraction of sp³-hybridized carbons (Fsp3) is 0.286. The molecule has 0 aliphatic carbocycles. The second kappa shape index (κ2) is 6.38. The van der Waals surface area contributed by atoms with Gasteiger partial charge in [0.25, 0.3) is 5.91 Å². The average Bonchev–Trinajstić information content (AvgIpc) is 2.83. The van der Waals surface area contributed by atoms with Crippen molar-refractivity contribution in [2.24, 2.45) is 0 Å². The first-order valence-electron chi connectivity index (χ1n) is 6.18. The number of carbonyl (C=O) groups excluding carboxylic acids is 1. The maximum Gasteiger partial charge on any atom is 0.260 e. The first kappa shape index (κ1) is 14.3. The van der Waals surface area contributed by atoms with Crippen LogP contribution < -0.4 is 10.5 Å². The minimum absolute atomic E-state index is 0.0121. The van der Waals surface area contributed by atoms with Crippen molar-refractivity contribution in [1.29, 1.82) is 0 Å². The van der Waals surface area contributed by atoms with E-state index in [9.17, 15) is 4.79 Å². The number of ether oxygens (including phenoxy) is 1. The number of nitrogens with zero attached hydrogens (tertiary/aromatic N) is 2. The van der Waals surface area contributed by atoms with E-state index < -0.39 is 0 Å². The van der Waals surface area contributed by atoms with E-state index in [1.807, 2.05) is 6.92 Å². The summed E-state index contributed by atoms with van der Waals surface area (Å²) in [6.07, 6.45) is 1.80. The number of nitrogen functional groups attached to an aromatic ring is 1. The van der Waals surface area contributed by atoms with Crippen molar-refractivity contribution in [2.45, 2.75) is 13.5 Å². The maximum absolute atomic E-state index is 12.0. The van der Waals surface area contributed by atoms with Crippen molar-refractivity contribution < 1.29 is 9.53 Å². The summed E-state index contributed by atoms with van der Waals surface area (Å²) in [7, 11) is 1.75. The molecule has 0 unspecified atom stereocenters. The summed E-state index contributed by atoms with van der Waals surface area (Å²) in [5, 5.41) is 0.999. The molecule has 0 bridgehead atoms. The molecule has 1 amide bonds. The predicted molar refractivity (Wildman–Crippen MR) is 79.7 cm³/mol. The Morgan fingerprint density at radius 3 is 2.70 bits per heavy atom. The zero-order valence-corrected chi connectivity index (χ0v) is 12.3. The molecule has 5 nitrogen and oxygen atoms in total. The van der Waals surface area contributed by atoms with E-state index in [1.165, 1.54) is 0 Å². The van der Waals surface area contributed by atoms with Gasteiger partial charge >= 0.3 is 0 Å². The van der Waals surface area contributed by atoms with Crippen molar-refractivity contribution >= 4 is 22.9 Å². The normalized spacial score (nSPS) is 10.3. The second-order valence-corrected chi connectivity index (χ2v) is 5.77. The molecule has 1 aromatic heterocycles. The van der Waals surface area contributed by atoms with Crippen LogP contribution in [-0.2, 0) is 11.3 Å². The lowest BCUT2D eigenvalue weighted by Crippen LogP contribution is -2.30. The van der Waals surface area contributed by atoms with E-state index in [4.69, 9.17) is 10.5 Å². The zero-order chi connectivity index (χ0) is 14.5. The Labute approximate surface area is 122 Å². The molecular weight excluding hydrogens is 274 g/mol. The highest BCUT2D eigenvalue weighted by atomic mass is 32.1. The summed E-state index contributed by atoms with van der Waals surface area (Å²) in [5.74, 6) is 0.558. The van der Waals surface area contributed by atoms with Crippen molar-refractivity contribution in [2.75, 3.05) is 19.4 Å². The summed E-state index contributed by atoms with van der Waals surface area (Å²) in [4.78, 5) is 18.8. The van der Waals surface area contributed by atoms with Gasteiger partial charge in [-0.15, -0.1) is 11.3 Å². The third-order valence-corrected chi connectivity index (χ3v) is 3.63. The van der Waals surface area contributed by atoms with Crippen LogP contribution in [0.2, 0.25) is 0 Å². The Kier molecular flexibility index (Phi) is 4.57. The second-order valence-electron chi connectivity index (χ2n) is 4.45. The fourth-order valence-corrected chi connectivity index (χ4v) is 2.47. The smallest absolute Gasteiger partial charge is 0.260 e. The van der Waals surface area contributed by atoms with Gasteiger partial charge in [0.15, 0.2) is 6.61 Å². The van der Waals surface area contributed by atoms with E-state index in [0.717, 1.165) is 9.88 Å². The Morgan fingerprint density at radius 1 is 1.40 bits per heavy atom. The predicted octanol–water partition coefficient (Wildman–Crippen LogP) is 2.07. The SMILES string of the molecule is Cc1ncc(CN(C)C(=O)COc2ccc(N)cc2)s1. The number of nitrogens with two attached hydrogens (primary N) is 1. The highest BCUT2D eigenvalue weighted by Crippen LogP contribution is 2.15. The molecule has 0 spiro atoms. The molecule has 6 heteroatoms. The number of aromatic nitrogens is 1. The lowest BCUT2D eigenvalue weighted by atomic mass is 10.3. The van der Waals surface area contributed by atoms with Crippen LogP contribution in [0.3, 0.4) is 0 Å². The molecule has 0 atom stereocenters. The molecule has 0 saturated heterocycles. The molecule has 1 heterocycles. The van der Waals surface area contributed by atoms with Gasteiger partial charge in [0.1, 0.15) is 5.75 Å². The van der Waals surface area contributed by atoms with E-state index in [-0.39, 0.29) is 12.5 Å². The topological polar surface area (TPSA) is 68.5 Å². The first-order valence-corrected chi connectivity index (χ1v) is 7.00. The summed E-state index contributed by atoms with van der Waals surface area (Å²) in [6, 6.07) is 6.97. The van der Waals surface area contributed by atoms with Crippen LogP contribution in [0.5, 0.6) is 5.75 Å². The Morgan fingerprint density at radius 2 is 2.10 bits per heavy atom. The number of hydrogen-bond acceptors (Lipinski definition) is 5. The van der Waals surface area contributed by atoms with E-state index in [0.29, 0.717) is 18.0 Å². The molecule has 0 radical (unpaired) electrons.